The second-order valence-electron chi connectivity index (χ2n) is 3.68. The molecule has 0 radical (unpaired) electrons. The molecule has 0 bridgehead atoms. The fourth-order valence-corrected chi connectivity index (χ4v) is 1.23. The zero-order chi connectivity index (χ0) is 12.1. The molecule has 1 aromatic carbocycles. The Morgan fingerprint density at radius 1 is 1.50 bits per heavy atom. The maximum Gasteiger partial charge on any atom is 0.349 e. The van der Waals surface area contributed by atoms with Gasteiger partial charge in [-0.25, -0.2) is 9.79 Å². The fraction of sp³-hybridized carbons (Fsp3) is 0.333. The smallest absolute Gasteiger partial charge is 0.349 e. The number of rotatable bonds is 3. The number of hydrogen-bond donors (Lipinski definition) is 0. The average Bonchev–Trinajstić information content (AvgIpc) is 2.19. The van der Waals surface area contributed by atoms with Crippen LogP contribution in [0.4, 0.5) is 5.69 Å². The summed E-state index contributed by atoms with van der Waals surface area (Å²) in [6.45, 7) is 5.48. The predicted octanol–water partition coefficient (Wildman–Crippen LogP) is 3.30. The summed E-state index contributed by atoms with van der Waals surface area (Å²) < 4.78 is 4.90. The van der Waals surface area contributed by atoms with E-state index in [0.29, 0.717) is 10.7 Å². The van der Waals surface area contributed by atoms with Gasteiger partial charge in [-0.2, -0.15) is 0 Å². The van der Waals surface area contributed by atoms with Crippen LogP contribution in [0.2, 0.25) is 5.02 Å². The van der Waals surface area contributed by atoms with E-state index in [4.69, 9.17) is 16.3 Å². The number of aliphatic imine (C=N–C) groups is 1. The zero-order valence-electron chi connectivity index (χ0n) is 9.53. The molecule has 1 rings (SSSR count). The second kappa shape index (κ2) is 5.66. The van der Waals surface area contributed by atoms with Gasteiger partial charge in [-0.1, -0.05) is 17.7 Å². The summed E-state index contributed by atoms with van der Waals surface area (Å²) in [5.41, 5.74) is 1.61. The molecule has 1 aromatic rings. The molecule has 0 heterocycles. The largest absolute Gasteiger partial charge is 0.459 e. The van der Waals surface area contributed by atoms with Gasteiger partial charge in [0.25, 0.3) is 0 Å². The van der Waals surface area contributed by atoms with E-state index in [1.165, 1.54) is 0 Å². The quantitative estimate of drug-likeness (QED) is 0.600. The van der Waals surface area contributed by atoms with Gasteiger partial charge in [0, 0.05) is 5.02 Å². The minimum Gasteiger partial charge on any atom is -0.459 e. The molecule has 0 N–H and O–H groups in total. The summed E-state index contributed by atoms with van der Waals surface area (Å²) in [7, 11) is 0. The molecule has 86 valence electrons. The summed E-state index contributed by atoms with van der Waals surface area (Å²) in [6.07, 6.45) is 1.02. The van der Waals surface area contributed by atoms with Gasteiger partial charge in [0.05, 0.1) is 11.8 Å². The molecule has 16 heavy (non-hydrogen) atoms. The summed E-state index contributed by atoms with van der Waals surface area (Å²) in [5.74, 6) is -0.452. The Kier molecular flexibility index (Phi) is 4.50. The number of esters is 1. The topological polar surface area (TPSA) is 38.7 Å². The lowest BCUT2D eigenvalue weighted by Crippen LogP contribution is -2.11. The fourth-order valence-electron chi connectivity index (χ4n) is 1.05. The van der Waals surface area contributed by atoms with E-state index >= 15 is 0 Å². The van der Waals surface area contributed by atoms with Crippen LogP contribution in [0.5, 0.6) is 0 Å². The minimum absolute atomic E-state index is 0.138. The van der Waals surface area contributed by atoms with Crippen molar-refractivity contribution in [3.05, 3.63) is 28.8 Å². The first-order valence-corrected chi connectivity index (χ1v) is 5.37. The van der Waals surface area contributed by atoms with Crippen molar-refractivity contribution < 1.29 is 9.53 Å². The van der Waals surface area contributed by atoms with Crippen LogP contribution in [0.1, 0.15) is 19.4 Å². The SMILES string of the molecule is Cc1ccc(N=CC(=O)OC(C)C)cc1Cl. The van der Waals surface area contributed by atoms with Crippen molar-refractivity contribution in [2.45, 2.75) is 26.9 Å². The molecule has 0 fully saturated rings. The van der Waals surface area contributed by atoms with Gasteiger partial charge in [-0.3, -0.25) is 0 Å². The van der Waals surface area contributed by atoms with E-state index < -0.39 is 5.97 Å². The highest BCUT2D eigenvalue weighted by Crippen LogP contribution is 2.21. The molecule has 4 heteroatoms. The Labute approximate surface area is 100 Å². The molecule has 0 aromatic heterocycles. The Balaban J connectivity index is 2.69. The molecule has 0 saturated heterocycles. The standard InChI is InChI=1S/C12H14ClNO2/c1-8(2)16-12(15)7-14-10-5-4-9(3)11(13)6-10/h4-8H,1-3H3. The van der Waals surface area contributed by atoms with Gasteiger partial charge in [-0.15, -0.1) is 0 Å². The van der Waals surface area contributed by atoms with Crippen molar-refractivity contribution in [2.75, 3.05) is 0 Å². The van der Waals surface area contributed by atoms with Crippen LogP contribution < -0.4 is 0 Å². The van der Waals surface area contributed by atoms with Crippen molar-refractivity contribution in [2.24, 2.45) is 4.99 Å². The molecule has 0 spiro atoms. The molecule has 0 amide bonds. The highest BCUT2D eigenvalue weighted by molar-refractivity contribution is 6.31. The lowest BCUT2D eigenvalue weighted by molar-refractivity contribution is -0.138. The van der Waals surface area contributed by atoms with E-state index in [1.54, 1.807) is 26.0 Å². The van der Waals surface area contributed by atoms with Crippen LogP contribution in [0.25, 0.3) is 0 Å². The van der Waals surface area contributed by atoms with Gasteiger partial charge < -0.3 is 4.74 Å². The molecular weight excluding hydrogens is 226 g/mol. The maximum atomic E-state index is 11.2. The van der Waals surface area contributed by atoms with E-state index in [2.05, 4.69) is 4.99 Å². The number of carbonyl (C=O) groups excluding carboxylic acids is 1. The van der Waals surface area contributed by atoms with E-state index in [9.17, 15) is 4.79 Å². The Morgan fingerprint density at radius 3 is 2.75 bits per heavy atom. The summed E-state index contributed by atoms with van der Waals surface area (Å²) in [5, 5.41) is 0.631. The van der Waals surface area contributed by atoms with E-state index in [-0.39, 0.29) is 6.10 Å². The van der Waals surface area contributed by atoms with Gasteiger partial charge in [0.2, 0.25) is 0 Å². The highest BCUT2D eigenvalue weighted by atomic mass is 35.5. The Morgan fingerprint density at radius 2 is 2.19 bits per heavy atom. The zero-order valence-corrected chi connectivity index (χ0v) is 10.3. The van der Waals surface area contributed by atoms with Crippen molar-refractivity contribution in [3.8, 4) is 0 Å². The van der Waals surface area contributed by atoms with Crippen molar-refractivity contribution >= 4 is 29.5 Å². The Bertz CT molecular complexity index is 413. The molecule has 0 aliphatic heterocycles. The van der Waals surface area contributed by atoms with Crippen LogP contribution in [0, 0.1) is 6.92 Å². The normalized spacial score (nSPS) is 11.1. The number of benzene rings is 1. The number of halogens is 1. The number of aryl methyl sites for hydroxylation is 1. The monoisotopic (exact) mass is 239 g/mol. The minimum atomic E-state index is -0.452. The first kappa shape index (κ1) is 12.7. The van der Waals surface area contributed by atoms with Gasteiger partial charge >= 0.3 is 5.97 Å². The maximum absolute atomic E-state index is 11.2. The number of nitrogens with zero attached hydrogens (tertiary/aromatic N) is 1. The summed E-state index contributed by atoms with van der Waals surface area (Å²) >= 11 is 5.92. The molecule has 0 unspecified atom stereocenters. The summed E-state index contributed by atoms with van der Waals surface area (Å²) in [6, 6.07) is 5.35. The van der Waals surface area contributed by atoms with E-state index in [1.807, 2.05) is 13.0 Å². The molecular formula is C12H14ClNO2. The van der Waals surface area contributed by atoms with Crippen LogP contribution in [-0.2, 0) is 9.53 Å². The third kappa shape index (κ3) is 4.03. The van der Waals surface area contributed by atoms with Gasteiger partial charge in [0.15, 0.2) is 0 Å². The third-order valence-corrected chi connectivity index (χ3v) is 2.23. The van der Waals surface area contributed by atoms with Crippen LogP contribution in [0.15, 0.2) is 23.2 Å². The predicted molar refractivity (Wildman–Crippen MR) is 65.6 cm³/mol. The van der Waals surface area contributed by atoms with Crippen LogP contribution in [0.3, 0.4) is 0 Å². The van der Waals surface area contributed by atoms with Gasteiger partial charge in [0.1, 0.15) is 6.21 Å². The van der Waals surface area contributed by atoms with Crippen molar-refractivity contribution in [1.82, 2.24) is 0 Å². The van der Waals surface area contributed by atoms with Crippen LogP contribution >= 0.6 is 11.6 Å². The lowest BCUT2D eigenvalue weighted by Gasteiger charge is -2.03. The Hall–Kier alpha value is -1.35. The van der Waals surface area contributed by atoms with Crippen molar-refractivity contribution in [3.63, 3.8) is 0 Å². The lowest BCUT2D eigenvalue weighted by atomic mass is 10.2. The first-order chi connectivity index (χ1) is 7.49. The number of carbonyl (C=O) groups is 1. The van der Waals surface area contributed by atoms with Crippen molar-refractivity contribution in [1.29, 1.82) is 0 Å². The molecule has 3 nitrogen and oxygen atoms in total. The average molecular weight is 240 g/mol. The third-order valence-electron chi connectivity index (χ3n) is 1.83. The molecule has 0 saturated carbocycles. The highest BCUT2D eigenvalue weighted by Gasteiger charge is 2.01. The molecule has 0 aliphatic rings. The van der Waals surface area contributed by atoms with Gasteiger partial charge in [-0.05, 0) is 38.5 Å². The van der Waals surface area contributed by atoms with Crippen LogP contribution in [-0.4, -0.2) is 18.3 Å². The second-order valence-corrected chi connectivity index (χ2v) is 4.08. The van der Waals surface area contributed by atoms with E-state index in [0.717, 1.165) is 11.8 Å². The summed E-state index contributed by atoms with van der Waals surface area (Å²) in [4.78, 5) is 15.2. The molecule has 0 atom stereocenters. The first-order valence-electron chi connectivity index (χ1n) is 5.00. The molecule has 0 aliphatic carbocycles. The number of hydrogen-bond acceptors (Lipinski definition) is 3. The number of ether oxygens (including phenoxy) is 1.